The third-order valence-electron chi connectivity index (χ3n) is 3.80. The molecule has 0 saturated carbocycles. The number of carbonyl (C=O) groups is 1. The molecule has 0 aromatic carbocycles. The van der Waals surface area contributed by atoms with E-state index in [0.717, 1.165) is 30.8 Å². The fourth-order valence-electron chi connectivity index (χ4n) is 3.14. The summed E-state index contributed by atoms with van der Waals surface area (Å²) in [5, 5.41) is 0. The van der Waals surface area contributed by atoms with Gasteiger partial charge in [-0.3, -0.25) is 4.79 Å². The summed E-state index contributed by atoms with van der Waals surface area (Å²) in [7, 11) is 0. The second kappa shape index (κ2) is 5.31. The molecule has 0 amide bonds. The molecule has 2 rings (SSSR count). The van der Waals surface area contributed by atoms with Gasteiger partial charge in [-0.1, -0.05) is 13.8 Å². The van der Waals surface area contributed by atoms with Gasteiger partial charge in [0, 0.05) is 12.8 Å². The SMILES string of the molecule is CCn1c(C)c2c([n+]1CC)CC(C)(C)CC2=O.[I-]. The number of halogens is 1. The minimum absolute atomic E-state index is 0. The molecule has 0 aliphatic heterocycles. The van der Waals surface area contributed by atoms with E-state index in [1.54, 1.807) is 0 Å². The monoisotopic (exact) mass is 362 g/mol. The Hall–Kier alpha value is -0.390. The van der Waals surface area contributed by atoms with Crippen LogP contribution in [-0.4, -0.2) is 10.5 Å². The van der Waals surface area contributed by atoms with Gasteiger partial charge in [-0.15, -0.1) is 4.68 Å². The van der Waals surface area contributed by atoms with Gasteiger partial charge in [0.25, 0.3) is 0 Å². The molecule has 0 bridgehead atoms. The van der Waals surface area contributed by atoms with Gasteiger partial charge < -0.3 is 24.0 Å². The summed E-state index contributed by atoms with van der Waals surface area (Å²) in [6.45, 7) is 12.6. The van der Waals surface area contributed by atoms with Crippen LogP contribution in [-0.2, 0) is 19.5 Å². The summed E-state index contributed by atoms with van der Waals surface area (Å²) in [5.74, 6) is 0.322. The predicted molar refractivity (Wildman–Crippen MR) is 67.1 cm³/mol. The third kappa shape index (κ3) is 2.36. The van der Waals surface area contributed by atoms with Crippen LogP contribution in [0.3, 0.4) is 0 Å². The molecule has 0 radical (unpaired) electrons. The zero-order chi connectivity index (χ0) is 12.8. The maximum absolute atomic E-state index is 12.3. The average molecular weight is 362 g/mol. The first-order chi connectivity index (χ1) is 7.91. The molecule has 0 saturated heterocycles. The molecule has 0 spiro atoms. The highest BCUT2D eigenvalue weighted by molar-refractivity contribution is 5.99. The van der Waals surface area contributed by atoms with E-state index in [2.05, 4.69) is 44.0 Å². The van der Waals surface area contributed by atoms with Crippen LogP contribution in [0.15, 0.2) is 0 Å². The molecular weight excluding hydrogens is 339 g/mol. The van der Waals surface area contributed by atoms with Crippen molar-refractivity contribution in [2.75, 3.05) is 0 Å². The molecule has 18 heavy (non-hydrogen) atoms. The highest BCUT2D eigenvalue weighted by atomic mass is 127. The summed E-state index contributed by atoms with van der Waals surface area (Å²) in [6, 6.07) is 0. The van der Waals surface area contributed by atoms with Gasteiger partial charge in [0.2, 0.25) is 5.69 Å². The number of hydrogen-bond acceptors (Lipinski definition) is 1. The first-order valence-corrected chi connectivity index (χ1v) is 6.56. The van der Waals surface area contributed by atoms with Crippen molar-refractivity contribution in [2.45, 2.75) is 60.5 Å². The summed E-state index contributed by atoms with van der Waals surface area (Å²) < 4.78 is 4.52. The fraction of sp³-hybridized carbons (Fsp3) is 0.714. The Labute approximate surface area is 127 Å². The van der Waals surface area contributed by atoms with Crippen molar-refractivity contribution in [1.29, 1.82) is 0 Å². The van der Waals surface area contributed by atoms with Crippen LogP contribution in [0.2, 0.25) is 0 Å². The number of rotatable bonds is 2. The van der Waals surface area contributed by atoms with Crippen molar-refractivity contribution >= 4 is 5.78 Å². The van der Waals surface area contributed by atoms with Crippen LogP contribution in [0, 0.1) is 12.3 Å². The Bertz CT molecular complexity index is 475. The van der Waals surface area contributed by atoms with E-state index in [0.29, 0.717) is 12.2 Å². The van der Waals surface area contributed by atoms with E-state index in [1.807, 2.05) is 0 Å². The second-order valence-electron chi connectivity index (χ2n) is 5.78. The standard InChI is InChI=1S/C14H23N2O.HI/c1-6-15-10(3)13-11(16(15)7-2)8-14(4,5)9-12(13)17;/h6-9H2,1-5H3;1H/q+1;/p-1. The van der Waals surface area contributed by atoms with Crippen LogP contribution in [0.25, 0.3) is 0 Å². The number of aromatic nitrogens is 2. The quantitative estimate of drug-likeness (QED) is 0.504. The molecule has 1 aromatic heterocycles. The topological polar surface area (TPSA) is 25.9 Å². The lowest BCUT2D eigenvalue weighted by Crippen LogP contribution is -3.00. The van der Waals surface area contributed by atoms with E-state index in [1.165, 1.54) is 5.69 Å². The first kappa shape index (κ1) is 15.7. The molecule has 0 N–H and O–H groups in total. The Balaban J connectivity index is 0.00000162. The molecule has 3 nitrogen and oxygen atoms in total. The van der Waals surface area contributed by atoms with Gasteiger partial charge in [0.1, 0.15) is 5.56 Å². The van der Waals surface area contributed by atoms with E-state index >= 15 is 0 Å². The number of Topliss-reactive ketones (excluding diaryl/α,β-unsaturated/α-hetero) is 1. The van der Waals surface area contributed by atoms with Crippen LogP contribution in [0.5, 0.6) is 0 Å². The minimum Gasteiger partial charge on any atom is -1.00 e. The lowest BCUT2D eigenvalue weighted by Gasteiger charge is -2.25. The van der Waals surface area contributed by atoms with Crippen molar-refractivity contribution in [3.05, 3.63) is 17.0 Å². The lowest BCUT2D eigenvalue weighted by atomic mass is 9.75. The lowest BCUT2D eigenvalue weighted by molar-refractivity contribution is -0.779. The van der Waals surface area contributed by atoms with Gasteiger partial charge in [0.15, 0.2) is 12.3 Å². The van der Waals surface area contributed by atoms with E-state index in [-0.39, 0.29) is 29.4 Å². The molecule has 0 fully saturated rings. The van der Waals surface area contributed by atoms with Gasteiger partial charge in [-0.25, -0.2) is 0 Å². The van der Waals surface area contributed by atoms with Gasteiger partial charge in [-0.05, 0) is 26.2 Å². The fourth-order valence-corrected chi connectivity index (χ4v) is 3.14. The molecular formula is C14H23IN2O. The van der Waals surface area contributed by atoms with Gasteiger partial charge in [-0.2, -0.15) is 4.68 Å². The molecule has 4 heteroatoms. The Morgan fingerprint density at radius 3 is 2.39 bits per heavy atom. The zero-order valence-electron chi connectivity index (χ0n) is 12.0. The van der Waals surface area contributed by atoms with Crippen molar-refractivity contribution in [3.63, 3.8) is 0 Å². The number of ketones is 1. The number of hydrogen-bond donors (Lipinski definition) is 0. The first-order valence-electron chi connectivity index (χ1n) is 6.56. The molecule has 1 aliphatic rings. The normalized spacial score (nSPS) is 17.3. The Morgan fingerprint density at radius 1 is 1.28 bits per heavy atom. The number of carbonyl (C=O) groups excluding carboxylic acids is 1. The predicted octanol–water partition coefficient (Wildman–Crippen LogP) is -0.717. The van der Waals surface area contributed by atoms with E-state index in [4.69, 9.17) is 0 Å². The van der Waals surface area contributed by atoms with Gasteiger partial charge >= 0.3 is 0 Å². The van der Waals surface area contributed by atoms with Crippen molar-refractivity contribution in [1.82, 2.24) is 4.68 Å². The zero-order valence-corrected chi connectivity index (χ0v) is 14.2. The second-order valence-corrected chi connectivity index (χ2v) is 5.78. The van der Waals surface area contributed by atoms with E-state index in [9.17, 15) is 4.79 Å². The summed E-state index contributed by atoms with van der Waals surface area (Å²) in [6.07, 6.45) is 1.69. The molecule has 1 aliphatic carbocycles. The van der Waals surface area contributed by atoms with Crippen LogP contribution >= 0.6 is 0 Å². The summed E-state index contributed by atoms with van der Waals surface area (Å²) in [4.78, 5) is 12.3. The molecule has 102 valence electrons. The minimum atomic E-state index is 0. The van der Waals surface area contributed by atoms with Crippen molar-refractivity contribution < 1.29 is 33.5 Å². The van der Waals surface area contributed by atoms with Crippen LogP contribution in [0.1, 0.15) is 55.9 Å². The molecule has 0 atom stereocenters. The Kier molecular flexibility index (Phi) is 4.62. The molecule has 1 heterocycles. The van der Waals surface area contributed by atoms with Crippen LogP contribution < -0.4 is 28.7 Å². The maximum atomic E-state index is 12.3. The molecule has 1 aromatic rings. The smallest absolute Gasteiger partial charge is 0.219 e. The number of nitrogens with zero attached hydrogens (tertiary/aromatic N) is 2. The Morgan fingerprint density at radius 2 is 1.89 bits per heavy atom. The highest BCUT2D eigenvalue weighted by Crippen LogP contribution is 2.34. The number of fused-ring (bicyclic) bond motifs is 1. The summed E-state index contributed by atoms with van der Waals surface area (Å²) in [5.41, 5.74) is 3.49. The van der Waals surface area contributed by atoms with Crippen LogP contribution in [0.4, 0.5) is 0 Å². The third-order valence-corrected chi connectivity index (χ3v) is 3.80. The largest absolute Gasteiger partial charge is 1.00 e. The van der Waals surface area contributed by atoms with E-state index < -0.39 is 0 Å². The van der Waals surface area contributed by atoms with Gasteiger partial charge in [0.05, 0.1) is 12.2 Å². The average Bonchev–Trinajstić information content (AvgIpc) is 2.48. The highest BCUT2D eigenvalue weighted by Gasteiger charge is 2.40. The van der Waals surface area contributed by atoms with Crippen molar-refractivity contribution in [3.8, 4) is 0 Å². The molecule has 0 unspecified atom stereocenters. The van der Waals surface area contributed by atoms with Crippen molar-refractivity contribution in [2.24, 2.45) is 5.41 Å². The summed E-state index contributed by atoms with van der Waals surface area (Å²) >= 11 is 0. The maximum Gasteiger partial charge on any atom is 0.219 e.